The van der Waals surface area contributed by atoms with Crippen molar-refractivity contribution in [3.8, 4) is 10.6 Å². The maximum Gasteiger partial charge on any atom is 0.248 e. The third-order valence-electron chi connectivity index (χ3n) is 3.83. The molecule has 120 valence electrons. The number of hydrogen-bond acceptors (Lipinski definition) is 6. The summed E-state index contributed by atoms with van der Waals surface area (Å²) in [5.41, 5.74) is 9.12. The molecule has 0 saturated carbocycles. The Morgan fingerprint density at radius 1 is 1.33 bits per heavy atom. The fourth-order valence-corrected chi connectivity index (χ4v) is 3.77. The molecule has 0 aliphatic rings. The Morgan fingerprint density at radius 2 is 2.17 bits per heavy atom. The lowest BCUT2D eigenvalue weighted by Crippen LogP contribution is -2.10. The van der Waals surface area contributed by atoms with Crippen LogP contribution >= 0.6 is 11.3 Å². The van der Waals surface area contributed by atoms with E-state index in [0.717, 1.165) is 26.3 Å². The maximum atomic E-state index is 11.4. The fourth-order valence-electron chi connectivity index (χ4n) is 2.68. The van der Waals surface area contributed by atoms with Crippen LogP contribution in [0.3, 0.4) is 0 Å². The van der Waals surface area contributed by atoms with E-state index in [-0.39, 0.29) is 0 Å². The molecule has 3 heterocycles. The molecule has 0 aliphatic carbocycles. The maximum absolute atomic E-state index is 11.4. The lowest BCUT2D eigenvalue weighted by Gasteiger charge is -2.01. The van der Waals surface area contributed by atoms with Crippen LogP contribution in [0.1, 0.15) is 10.4 Å². The first kappa shape index (κ1) is 14.6. The zero-order valence-electron chi connectivity index (χ0n) is 13.1. The highest BCUT2D eigenvalue weighted by Gasteiger charge is 2.17. The van der Waals surface area contributed by atoms with Crippen molar-refractivity contribution in [3.05, 3.63) is 36.2 Å². The van der Waals surface area contributed by atoms with E-state index in [1.807, 2.05) is 24.7 Å². The zero-order chi connectivity index (χ0) is 16.8. The predicted octanol–water partition coefficient (Wildman–Crippen LogP) is 2.39. The number of amides is 1. The summed E-state index contributed by atoms with van der Waals surface area (Å²) in [5, 5.41) is 3.85. The number of hydrogen-bond donors (Lipinski definition) is 2. The van der Waals surface area contributed by atoms with Gasteiger partial charge < -0.3 is 15.6 Å². The van der Waals surface area contributed by atoms with Crippen molar-refractivity contribution in [1.82, 2.24) is 19.5 Å². The van der Waals surface area contributed by atoms with E-state index in [0.29, 0.717) is 17.0 Å². The number of carbonyl (C=O) groups is 1. The van der Waals surface area contributed by atoms with Gasteiger partial charge in [0.2, 0.25) is 5.91 Å². The average Bonchev–Trinajstić information content (AvgIpc) is 3.17. The van der Waals surface area contributed by atoms with Gasteiger partial charge in [0.15, 0.2) is 11.5 Å². The summed E-state index contributed by atoms with van der Waals surface area (Å²) in [4.78, 5) is 25.0. The number of nitrogens with zero attached hydrogens (tertiary/aromatic N) is 4. The van der Waals surface area contributed by atoms with Crippen molar-refractivity contribution in [1.29, 1.82) is 0 Å². The minimum atomic E-state index is -0.456. The highest BCUT2D eigenvalue weighted by molar-refractivity contribution is 7.22. The molecule has 4 rings (SSSR count). The SMILES string of the molecule is CNc1nc2nc(-c3cccc(C(N)=O)c3)sc2c2c1ncn2C. The van der Waals surface area contributed by atoms with Crippen molar-refractivity contribution in [2.75, 3.05) is 12.4 Å². The number of imidazole rings is 1. The zero-order valence-corrected chi connectivity index (χ0v) is 13.9. The van der Waals surface area contributed by atoms with Crippen molar-refractivity contribution in [3.63, 3.8) is 0 Å². The number of carbonyl (C=O) groups excluding carboxylic acids is 1. The Balaban J connectivity index is 1.99. The van der Waals surface area contributed by atoms with E-state index >= 15 is 0 Å². The number of anilines is 1. The lowest BCUT2D eigenvalue weighted by molar-refractivity contribution is 0.100. The number of pyridine rings is 1. The molecular weight excluding hydrogens is 324 g/mol. The van der Waals surface area contributed by atoms with Gasteiger partial charge in [-0.3, -0.25) is 4.79 Å². The molecule has 7 nitrogen and oxygen atoms in total. The Kier molecular flexibility index (Phi) is 3.20. The second-order valence-corrected chi connectivity index (χ2v) is 6.38. The third-order valence-corrected chi connectivity index (χ3v) is 4.93. The Morgan fingerprint density at radius 3 is 2.92 bits per heavy atom. The van der Waals surface area contributed by atoms with Gasteiger partial charge in [-0.05, 0) is 12.1 Å². The van der Waals surface area contributed by atoms with E-state index < -0.39 is 5.91 Å². The molecule has 0 atom stereocenters. The third kappa shape index (κ3) is 2.11. The van der Waals surface area contributed by atoms with Crippen molar-refractivity contribution in [2.45, 2.75) is 0 Å². The number of benzene rings is 1. The quantitative estimate of drug-likeness (QED) is 0.597. The van der Waals surface area contributed by atoms with Crippen molar-refractivity contribution in [2.24, 2.45) is 12.8 Å². The number of primary amides is 1. The number of fused-ring (bicyclic) bond motifs is 3. The van der Waals surface area contributed by atoms with Crippen LogP contribution in [0.2, 0.25) is 0 Å². The van der Waals surface area contributed by atoms with E-state index in [9.17, 15) is 4.79 Å². The molecule has 1 aromatic carbocycles. The summed E-state index contributed by atoms with van der Waals surface area (Å²) in [6.07, 6.45) is 1.76. The monoisotopic (exact) mass is 338 g/mol. The summed E-state index contributed by atoms with van der Waals surface area (Å²) in [5.74, 6) is 0.239. The molecule has 0 aliphatic heterocycles. The van der Waals surface area contributed by atoms with Crippen LogP contribution < -0.4 is 11.1 Å². The highest BCUT2D eigenvalue weighted by Crippen LogP contribution is 2.36. The van der Waals surface area contributed by atoms with Crippen LogP contribution in [0.4, 0.5) is 5.82 Å². The Bertz CT molecular complexity index is 1100. The first-order valence-electron chi connectivity index (χ1n) is 7.28. The molecule has 0 bridgehead atoms. The van der Waals surface area contributed by atoms with E-state index in [2.05, 4.69) is 20.3 Å². The van der Waals surface area contributed by atoms with E-state index in [1.165, 1.54) is 11.3 Å². The normalized spacial score (nSPS) is 11.2. The van der Waals surface area contributed by atoms with Gasteiger partial charge in [0.1, 0.15) is 15.2 Å². The van der Waals surface area contributed by atoms with E-state index in [4.69, 9.17) is 5.73 Å². The van der Waals surface area contributed by atoms with Crippen molar-refractivity contribution < 1.29 is 4.79 Å². The summed E-state index contributed by atoms with van der Waals surface area (Å²) < 4.78 is 2.92. The highest BCUT2D eigenvalue weighted by atomic mass is 32.1. The van der Waals surface area contributed by atoms with Gasteiger partial charge in [-0.1, -0.05) is 12.1 Å². The van der Waals surface area contributed by atoms with Crippen LogP contribution in [0.5, 0.6) is 0 Å². The standard InChI is InChI=1S/C16H14N6OS/c1-18-14-10-11(22(2)7-19-10)12-15(20-14)21-16(24-12)9-5-3-4-8(6-9)13(17)23/h3-7H,1-2H3,(H2,17,23)(H,18,20). The number of rotatable bonds is 3. The fraction of sp³-hybridized carbons (Fsp3) is 0.125. The van der Waals surface area contributed by atoms with Crippen LogP contribution in [-0.2, 0) is 7.05 Å². The van der Waals surface area contributed by atoms with Crippen LogP contribution in [0, 0.1) is 0 Å². The Hall–Kier alpha value is -3.00. The van der Waals surface area contributed by atoms with Gasteiger partial charge in [0, 0.05) is 25.2 Å². The van der Waals surface area contributed by atoms with Gasteiger partial charge >= 0.3 is 0 Å². The molecule has 0 radical (unpaired) electrons. The molecule has 3 N–H and O–H groups in total. The molecule has 0 fully saturated rings. The summed E-state index contributed by atoms with van der Waals surface area (Å²) in [7, 11) is 3.76. The summed E-state index contributed by atoms with van der Waals surface area (Å²) in [6, 6.07) is 7.15. The second kappa shape index (κ2) is 5.27. The number of thiazole rings is 1. The molecule has 4 aromatic rings. The smallest absolute Gasteiger partial charge is 0.248 e. The van der Waals surface area contributed by atoms with Gasteiger partial charge in [0.05, 0.1) is 11.8 Å². The second-order valence-electron chi connectivity index (χ2n) is 5.38. The Labute approximate surface area is 141 Å². The first-order valence-corrected chi connectivity index (χ1v) is 8.09. The van der Waals surface area contributed by atoms with Gasteiger partial charge in [-0.15, -0.1) is 11.3 Å². The summed E-state index contributed by atoms with van der Waals surface area (Å²) in [6.45, 7) is 0. The first-order chi connectivity index (χ1) is 11.6. The van der Waals surface area contributed by atoms with Crippen LogP contribution in [0.15, 0.2) is 30.6 Å². The lowest BCUT2D eigenvalue weighted by atomic mass is 10.1. The summed E-state index contributed by atoms with van der Waals surface area (Å²) >= 11 is 1.52. The minimum Gasteiger partial charge on any atom is -0.371 e. The number of nitrogens with one attached hydrogen (secondary N) is 1. The molecule has 8 heteroatoms. The molecule has 24 heavy (non-hydrogen) atoms. The molecule has 0 unspecified atom stereocenters. The number of nitrogens with two attached hydrogens (primary N) is 1. The van der Waals surface area contributed by atoms with Gasteiger partial charge in [0.25, 0.3) is 0 Å². The minimum absolute atomic E-state index is 0.456. The number of aryl methyl sites for hydroxylation is 1. The topological polar surface area (TPSA) is 98.7 Å². The van der Waals surface area contributed by atoms with E-state index in [1.54, 1.807) is 24.5 Å². The predicted molar refractivity (Wildman–Crippen MR) is 95.2 cm³/mol. The van der Waals surface area contributed by atoms with Gasteiger partial charge in [-0.2, -0.15) is 0 Å². The van der Waals surface area contributed by atoms with Crippen LogP contribution in [0.25, 0.3) is 32.0 Å². The molecule has 3 aromatic heterocycles. The molecule has 0 saturated heterocycles. The largest absolute Gasteiger partial charge is 0.371 e. The van der Waals surface area contributed by atoms with Crippen molar-refractivity contribution >= 4 is 44.4 Å². The average molecular weight is 338 g/mol. The van der Waals surface area contributed by atoms with Crippen LogP contribution in [-0.4, -0.2) is 32.5 Å². The number of aromatic nitrogens is 4. The molecule has 1 amide bonds. The van der Waals surface area contributed by atoms with Gasteiger partial charge in [-0.25, -0.2) is 15.0 Å². The molecular formula is C16H14N6OS. The molecule has 0 spiro atoms.